The van der Waals surface area contributed by atoms with Gasteiger partial charge in [-0.1, -0.05) is 0 Å². The zero-order chi connectivity index (χ0) is 22.6. The lowest BCUT2D eigenvalue weighted by Gasteiger charge is -2.23. The molecule has 13 heteroatoms. The average molecular weight is 419 g/mol. The SMILES string of the molecule is CC(NC(=O)C(CCCCN)NC(=O)C(N)CO)C(=O)NC(CC(=O)O)C(=O)O. The van der Waals surface area contributed by atoms with Crippen molar-refractivity contribution in [1.82, 2.24) is 16.0 Å². The van der Waals surface area contributed by atoms with Crippen LogP contribution in [0.1, 0.15) is 32.6 Å². The minimum atomic E-state index is -1.66. The predicted octanol–water partition coefficient (Wildman–Crippen LogP) is -3.53. The maximum atomic E-state index is 12.4. The largest absolute Gasteiger partial charge is 0.481 e. The van der Waals surface area contributed by atoms with Crippen molar-refractivity contribution in [2.75, 3.05) is 13.2 Å². The third-order valence-corrected chi connectivity index (χ3v) is 3.86. The van der Waals surface area contributed by atoms with Crippen LogP contribution in [0, 0.1) is 0 Å². The smallest absolute Gasteiger partial charge is 0.326 e. The number of carbonyl (C=O) groups is 5. The van der Waals surface area contributed by atoms with Crippen LogP contribution in [-0.2, 0) is 24.0 Å². The van der Waals surface area contributed by atoms with Crippen molar-refractivity contribution in [3.05, 3.63) is 0 Å². The van der Waals surface area contributed by atoms with Gasteiger partial charge in [-0.25, -0.2) is 4.79 Å². The number of carboxylic acids is 2. The Morgan fingerprint density at radius 2 is 1.48 bits per heavy atom. The van der Waals surface area contributed by atoms with E-state index in [1.807, 2.05) is 5.32 Å². The summed E-state index contributed by atoms with van der Waals surface area (Å²) in [5.41, 5.74) is 10.8. The van der Waals surface area contributed by atoms with Gasteiger partial charge < -0.3 is 42.7 Å². The lowest BCUT2D eigenvalue weighted by atomic mass is 10.1. The quantitative estimate of drug-likeness (QED) is 0.129. The molecule has 0 spiro atoms. The number of carbonyl (C=O) groups excluding carboxylic acids is 3. The Hall–Kier alpha value is -2.77. The van der Waals surface area contributed by atoms with E-state index < -0.39 is 66.9 Å². The first-order valence-electron chi connectivity index (χ1n) is 8.95. The van der Waals surface area contributed by atoms with Crippen molar-refractivity contribution in [3.8, 4) is 0 Å². The number of aliphatic hydroxyl groups is 1. The van der Waals surface area contributed by atoms with E-state index in [2.05, 4.69) is 10.6 Å². The minimum Gasteiger partial charge on any atom is -0.481 e. The van der Waals surface area contributed by atoms with Gasteiger partial charge in [0.1, 0.15) is 24.2 Å². The van der Waals surface area contributed by atoms with E-state index >= 15 is 0 Å². The highest BCUT2D eigenvalue weighted by atomic mass is 16.4. The van der Waals surface area contributed by atoms with Gasteiger partial charge in [0.15, 0.2) is 0 Å². The number of unbranched alkanes of at least 4 members (excludes halogenated alkanes) is 1. The number of nitrogens with two attached hydrogens (primary N) is 2. The van der Waals surface area contributed by atoms with E-state index in [0.29, 0.717) is 19.4 Å². The van der Waals surface area contributed by atoms with Gasteiger partial charge >= 0.3 is 11.9 Å². The van der Waals surface area contributed by atoms with Crippen LogP contribution in [0.2, 0.25) is 0 Å². The van der Waals surface area contributed by atoms with Crippen molar-refractivity contribution in [2.45, 2.75) is 56.8 Å². The average Bonchev–Trinajstić information content (AvgIpc) is 2.65. The zero-order valence-corrected chi connectivity index (χ0v) is 16.1. The number of rotatable bonds is 14. The monoisotopic (exact) mass is 419 g/mol. The van der Waals surface area contributed by atoms with E-state index in [-0.39, 0.29) is 6.42 Å². The molecular weight excluding hydrogens is 390 g/mol. The van der Waals surface area contributed by atoms with Crippen LogP contribution in [-0.4, -0.2) is 82.3 Å². The van der Waals surface area contributed by atoms with Crippen LogP contribution < -0.4 is 27.4 Å². The number of hydrogen-bond donors (Lipinski definition) is 8. The second-order valence-corrected chi connectivity index (χ2v) is 6.36. The molecule has 0 aromatic rings. The van der Waals surface area contributed by atoms with Gasteiger partial charge in [-0.05, 0) is 32.7 Å². The van der Waals surface area contributed by atoms with Crippen molar-refractivity contribution >= 4 is 29.7 Å². The minimum absolute atomic E-state index is 0.192. The van der Waals surface area contributed by atoms with E-state index in [9.17, 15) is 24.0 Å². The molecule has 0 aromatic heterocycles. The van der Waals surface area contributed by atoms with Crippen molar-refractivity contribution in [1.29, 1.82) is 0 Å². The van der Waals surface area contributed by atoms with Gasteiger partial charge in [-0.15, -0.1) is 0 Å². The maximum absolute atomic E-state index is 12.4. The molecule has 0 aliphatic rings. The fourth-order valence-corrected chi connectivity index (χ4v) is 2.17. The van der Waals surface area contributed by atoms with E-state index in [0.717, 1.165) is 0 Å². The number of aliphatic hydroxyl groups excluding tert-OH is 1. The summed E-state index contributed by atoms with van der Waals surface area (Å²) in [7, 11) is 0. The summed E-state index contributed by atoms with van der Waals surface area (Å²) < 4.78 is 0. The fraction of sp³-hybridized carbons (Fsp3) is 0.688. The second-order valence-electron chi connectivity index (χ2n) is 6.36. The normalized spacial score (nSPS) is 14.8. The Morgan fingerprint density at radius 1 is 0.897 bits per heavy atom. The van der Waals surface area contributed by atoms with Gasteiger partial charge in [0.05, 0.1) is 13.0 Å². The Morgan fingerprint density at radius 3 is 1.97 bits per heavy atom. The summed E-state index contributed by atoms with van der Waals surface area (Å²) in [6, 6.07) is -5.16. The highest BCUT2D eigenvalue weighted by molar-refractivity contribution is 5.94. The van der Waals surface area contributed by atoms with E-state index in [1.165, 1.54) is 6.92 Å². The van der Waals surface area contributed by atoms with Crippen molar-refractivity contribution < 1.29 is 39.3 Å². The summed E-state index contributed by atoms with van der Waals surface area (Å²) in [6.45, 7) is 1.02. The first kappa shape index (κ1) is 26.2. The molecule has 0 aliphatic heterocycles. The van der Waals surface area contributed by atoms with Crippen LogP contribution in [0.3, 0.4) is 0 Å². The maximum Gasteiger partial charge on any atom is 0.326 e. The molecule has 0 fully saturated rings. The first-order valence-corrected chi connectivity index (χ1v) is 8.95. The van der Waals surface area contributed by atoms with Crippen molar-refractivity contribution in [2.24, 2.45) is 11.5 Å². The number of carboxylic acid groups (broad SMARTS) is 2. The van der Waals surface area contributed by atoms with Crippen LogP contribution >= 0.6 is 0 Å². The molecule has 10 N–H and O–H groups in total. The number of hydrogen-bond acceptors (Lipinski definition) is 8. The van der Waals surface area contributed by atoms with Crippen LogP contribution in [0.25, 0.3) is 0 Å². The molecule has 29 heavy (non-hydrogen) atoms. The molecule has 0 saturated carbocycles. The van der Waals surface area contributed by atoms with Crippen LogP contribution in [0.4, 0.5) is 0 Å². The lowest BCUT2D eigenvalue weighted by molar-refractivity contribution is -0.147. The summed E-state index contributed by atoms with van der Waals surface area (Å²) in [5.74, 6) is -5.36. The van der Waals surface area contributed by atoms with Gasteiger partial charge in [0.2, 0.25) is 17.7 Å². The topological polar surface area (TPSA) is 234 Å². The number of amides is 3. The van der Waals surface area contributed by atoms with Gasteiger partial charge in [-0.3, -0.25) is 19.2 Å². The molecule has 0 saturated heterocycles. The van der Waals surface area contributed by atoms with Gasteiger partial charge in [-0.2, -0.15) is 0 Å². The fourth-order valence-electron chi connectivity index (χ4n) is 2.17. The number of nitrogens with one attached hydrogen (secondary N) is 3. The second kappa shape index (κ2) is 13.4. The van der Waals surface area contributed by atoms with E-state index in [4.69, 9.17) is 26.8 Å². The van der Waals surface area contributed by atoms with Crippen LogP contribution in [0.5, 0.6) is 0 Å². The van der Waals surface area contributed by atoms with Gasteiger partial charge in [0, 0.05) is 0 Å². The summed E-state index contributed by atoms with van der Waals surface area (Å²) in [6.07, 6.45) is 0.428. The summed E-state index contributed by atoms with van der Waals surface area (Å²) in [4.78, 5) is 58.1. The molecule has 0 rings (SSSR count). The molecule has 4 unspecified atom stereocenters. The van der Waals surface area contributed by atoms with Crippen LogP contribution in [0.15, 0.2) is 0 Å². The zero-order valence-electron chi connectivity index (χ0n) is 16.1. The molecule has 0 aliphatic carbocycles. The molecule has 0 bridgehead atoms. The van der Waals surface area contributed by atoms with E-state index in [1.54, 1.807) is 0 Å². The molecule has 13 nitrogen and oxygen atoms in total. The molecule has 4 atom stereocenters. The standard InChI is InChI=1S/C16H29N5O8/c1-8(13(25)21-11(16(28)29)6-12(23)24)19-15(27)10(4-2-3-5-17)20-14(26)9(18)7-22/h8-11,22H,2-7,17-18H2,1H3,(H,19,27)(H,20,26)(H,21,25)(H,23,24)(H,28,29). The molecule has 0 radical (unpaired) electrons. The lowest BCUT2D eigenvalue weighted by Crippen LogP contribution is -2.56. The predicted molar refractivity (Wildman–Crippen MR) is 99.3 cm³/mol. The summed E-state index contributed by atoms with van der Waals surface area (Å²) >= 11 is 0. The highest BCUT2D eigenvalue weighted by Crippen LogP contribution is 2.03. The first-order chi connectivity index (χ1) is 13.5. The Balaban J connectivity index is 5.01. The molecule has 0 heterocycles. The number of aliphatic carboxylic acids is 2. The molecule has 0 aromatic carbocycles. The third-order valence-electron chi connectivity index (χ3n) is 3.86. The Bertz CT molecular complexity index is 600. The van der Waals surface area contributed by atoms with Gasteiger partial charge in [0.25, 0.3) is 0 Å². The molecular formula is C16H29N5O8. The molecule has 3 amide bonds. The molecule has 166 valence electrons. The Labute approximate surface area is 167 Å². The highest BCUT2D eigenvalue weighted by Gasteiger charge is 2.28. The van der Waals surface area contributed by atoms with Crippen molar-refractivity contribution in [3.63, 3.8) is 0 Å². The summed E-state index contributed by atoms with van der Waals surface area (Å²) in [5, 5.41) is 33.3. The Kier molecular flexibility index (Phi) is 12.1. The third kappa shape index (κ3) is 10.4.